The minimum atomic E-state index is 0.407. The lowest BCUT2D eigenvalue weighted by Crippen LogP contribution is -2.53. The van der Waals surface area contributed by atoms with E-state index >= 15 is 0 Å². The van der Waals surface area contributed by atoms with Gasteiger partial charge in [-0.1, -0.05) is 83.3 Å². The van der Waals surface area contributed by atoms with Gasteiger partial charge in [-0.3, -0.25) is 14.9 Å². The van der Waals surface area contributed by atoms with Crippen LogP contribution >= 0.6 is 0 Å². The van der Waals surface area contributed by atoms with Gasteiger partial charge in [0.2, 0.25) is 0 Å². The number of likely N-dealkylation sites (tertiary alicyclic amines) is 1. The van der Waals surface area contributed by atoms with E-state index in [9.17, 15) is 0 Å². The van der Waals surface area contributed by atoms with Crippen molar-refractivity contribution in [3.05, 3.63) is 95.5 Å². The topological polar surface area (TPSA) is 41.4 Å². The van der Waals surface area contributed by atoms with E-state index in [2.05, 4.69) is 114 Å². The summed E-state index contributed by atoms with van der Waals surface area (Å²) in [6, 6.07) is 12.9. The molecular formula is C36H44N4. The average Bonchev–Trinajstić information content (AvgIpc) is 2.93. The third-order valence-electron chi connectivity index (χ3n) is 7.91. The van der Waals surface area contributed by atoms with Crippen molar-refractivity contribution < 1.29 is 0 Å². The summed E-state index contributed by atoms with van der Waals surface area (Å²) in [6.45, 7) is 26.8. The molecule has 4 heteroatoms. The van der Waals surface area contributed by atoms with Crippen molar-refractivity contribution in [2.45, 2.75) is 61.3 Å². The quantitative estimate of drug-likeness (QED) is 0.245. The van der Waals surface area contributed by atoms with Gasteiger partial charge in [-0.05, 0) is 72.9 Å². The Hall–Kier alpha value is -3.63. The number of allylic oxidation sites excluding steroid dienone is 1. The normalized spacial score (nSPS) is 15.6. The fourth-order valence-corrected chi connectivity index (χ4v) is 5.87. The average molecular weight is 533 g/mol. The van der Waals surface area contributed by atoms with Crippen molar-refractivity contribution in [1.29, 1.82) is 0 Å². The Morgan fingerprint density at radius 3 is 2.27 bits per heavy atom. The Kier molecular flexibility index (Phi) is 9.00. The summed E-state index contributed by atoms with van der Waals surface area (Å²) in [5.74, 6) is 0. The Labute approximate surface area is 241 Å². The first-order valence-corrected chi connectivity index (χ1v) is 14.5. The van der Waals surface area contributed by atoms with Gasteiger partial charge >= 0.3 is 0 Å². The molecule has 0 atom stereocenters. The number of hydrogen-bond acceptors (Lipinski definition) is 4. The first kappa shape index (κ1) is 29.4. The lowest BCUT2D eigenvalue weighted by atomic mass is 9.84. The van der Waals surface area contributed by atoms with Crippen LogP contribution in [0.2, 0.25) is 0 Å². The molecule has 1 fully saturated rings. The summed E-state index contributed by atoms with van der Waals surface area (Å²) < 4.78 is 0. The molecule has 0 spiro atoms. The molecule has 208 valence electrons. The molecule has 4 nitrogen and oxygen atoms in total. The monoisotopic (exact) mass is 532 g/mol. The van der Waals surface area contributed by atoms with Crippen molar-refractivity contribution in [1.82, 2.24) is 14.9 Å². The highest BCUT2D eigenvalue weighted by Gasteiger charge is 2.34. The van der Waals surface area contributed by atoms with Gasteiger partial charge < -0.3 is 0 Å². The van der Waals surface area contributed by atoms with Gasteiger partial charge in [0.1, 0.15) is 0 Å². The van der Waals surface area contributed by atoms with Crippen LogP contribution < -0.4 is 0 Å². The third-order valence-corrected chi connectivity index (χ3v) is 7.91. The summed E-state index contributed by atoms with van der Waals surface area (Å²) >= 11 is 0. The first-order valence-electron chi connectivity index (χ1n) is 14.5. The van der Waals surface area contributed by atoms with Crippen molar-refractivity contribution in [3.63, 3.8) is 0 Å². The second-order valence-electron chi connectivity index (χ2n) is 11.6. The summed E-state index contributed by atoms with van der Waals surface area (Å²) in [7, 11) is 0. The number of hydrogen-bond donors (Lipinski definition) is 0. The summed E-state index contributed by atoms with van der Waals surface area (Å²) in [5.41, 5.74) is 13.3. The van der Waals surface area contributed by atoms with E-state index in [1.54, 1.807) is 6.08 Å². The van der Waals surface area contributed by atoms with E-state index in [0.29, 0.717) is 5.41 Å². The minimum Gasteiger partial charge on any atom is -0.298 e. The zero-order chi connectivity index (χ0) is 29.0. The molecule has 0 saturated carbocycles. The largest absolute Gasteiger partial charge is 0.298 e. The predicted octanol–water partition coefficient (Wildman–Crippen LogP) is 8.74. The molecule has 3 aromatic rings. The van der Waals surface area contributed by atoms with Gasteiger partial charge in [0, 0.05) is 36.5 Å². The standard InChI is InChI=1S/C36H44N4/c1-10-31(24(5)21-40-22-36(8,9)23-40)38-32(11-2)29-18-14-16-27(25(29)6)28-17-15-19-30(26(28)7)35-20-37-33(12-3)34(13-4)39-35/h11,13-20H,4-5,10,12,21-23H2,1-3,6-9H3/b32-11-,38-31-. The maximum absolute atomic E-state index is 5.17. The van der Waals surface area contributed by atoms with Crippen LogP contribution in [0.5, 0.6) is 0 Å². The Morgan fingerprint density at radius 1 is 1.02 bits per heavy atom. The second kappa shape index (κ2) is 12.3. The predicted molar refractivity (Wildman–Crippen MR) is 173 cm³/mol. The highest BCUT2D eigenvalue weighted by molar-refractivity contribution is 6.03. The van der Waals surface area contributed by atoms with Crippen molar-refractivity contribution in [2.75, 3.05) is 19.6 Å². The SMILES string of the molecule is C=Cc1nc(-c2cccc(-c3cccc(C(=C/C)/N=C(/CC)C(=C)CN4CC(C)(C)C4)c3C)c2C)cnc1CC. The van der Waals surface area contributed by atoms with Crippen LogP contribution in [0.3, 0.4) is 0 Å². The molecule has 0 bridgehead atoms. The van der Waals surface area contributed by atoms with Crippen molar-refractivity contribution in [2.24, 2.45) is 10.4 Å². The number of aliphatic imine (C=N–C) groups is 1. The molecule has 1 aliphatic rings. The highest BCUT2D eigenvalue weighted by Crippen LogP contribution is 2.36. The van der Waals surface area contributed by atoms with Crippen LogP contribution in [0.4, 0.5) is 0 Å². The lowest BCUT2D eigenvalue weighted by molar-refractivity contribution is 0.0412. The smallest absolute Gasteiger partial charge is 0.0895 e. The van der Waals surface area contributed by atoms with E-state index in [-0.39, 0.29) is 0 Å². The molecule has 1 saturated heterocycles. The molecule has 4 rings (SSSR count). The van der Waals surface area contributed by atoms with Crippen LogP contribution in [0, 0.1) is 19.3 Å². The molecule has 0 aliphatic carbocycles. The van der Waals surface area contributed by atoms with Crippen molar-refractivity contribution in [3.8, 4) is 22.4 Å². The molecule has 40 heavy (non-hydrogen) atoms. The molecule has 2 aromatic carbocycles. The van der Waals surface area contributed by atoms with Gasteiger partial charge in [0.05, 0.1) is 29.0 Å². The van der Waals surface area contributed by atoms with E-state index in [4.69, 9.17) is 9.98 Å². The van der Waals surface area contributed by atoms with E-state index < -0.39 is 0 Å². The zero-order valence-corrected chi connectivity index (χ0v) is 25.4. The summed E-state index contributed by atoms with van der Waals surface area (Å²) in [4.78, 5) is 17.2. The fraction of sp³-hybridized carbons (Fsp3) is 0.361. The lowest BCUT2D eigenvalue weighted by Gasteiger charge is -2.46. The Morgan fingerprint density at radius 2 is 1.68 bits per heavy atom. The van der Waals surface area contributed by atoms with Crippen LogP contribution in [-0.4, -0.2) is 40.2 Å². The number of aryl methyl sites for hydroxylation is 1. The van der Waals surface area contributed by atoms with Gasteiger partial charge in [-0.2, -0.15) is 0 Å². The van der Waals surface area contributed by atoms with Gasteiger partial charge in [0.25, 0.3) is 0 Å². The first-order chi connectivity index (χ1) is 19.1. The van der Waals surface area contributed by atoms with Gasteiger partial charge in [-0.25, -0.2) is 4.98 Å². The number of rotatable bonds is 10. The van der Waals surface area contributed by atoms with Crippen LogP contribution in [0.1, 0.15) is 69.1 Å². The summed E-state index contributed by atoms with van der Waals surface area (Å²) in [5, 5.41) is 0. The second-order valence-corrected chi connectivity index (χ2v) is 11.6. The zero-order valence-electron chi connectivity index (χ0n) is 25.4. The molecule has 0 N–H and O–H groups in total. The maximum Gasteiger partial charge on any atom is 0.0895 e. The molecular weight excluding hydrogens is 488 g/mol. The molecule has 0 unspecified atom stereocenters. The molecule has 1 aliphatic heterocycles. The fourth-order valence-electron chi connectivity index (χ4n) is 5.87. The number of aromatic nitrogens is 2. The highest BCUT2D eigenvalue weighted by atomic mass is 15.2. The minimum absolute atomic E-state index is 0.407. The van der Waals surface area contributed by atoms with E-state index in [0.717, 1.165) is 77.7 Å². The molecule has 0 amide bonds. The Bertz CT molecular complexity index is 1480. The maximum atomic E-state index is 5.17. The molecule has 2 heterocycles. The third kappa shape index (κ3) is 6.08. The van der Waals surface area contributed by atoms with Crippen molar-refractivity contribution >= 4 is 17.5 Å². The molecule has 0 radical (unpaired) electrons. The van der Waals surface area contributed by atoms with Crippen LogP contribution in [-0.2, 0) is 6.42 Å². The Balaban J connectivity index is 1.69. The van der Waals surface area contributed by atoms with Crippen LogP contribution in [0.25, 0.3) is 34.2 Å². The van der Waals surface area contributed by atoms with E-state index in [1.165, 1.54) is 22.3 Å². The van der Waals surface area contributed by atoms with Gasteiger partial charge in [0.15, 0.2) is 0 Å². The van der Waals surface area contributed by atoms with Gasteiger partial charge in [-0.15, -0.1) is 0 Å². The number of benzene rings is 2. The number of nitrogens with zero attached hydrogens (tertiary/aromatic N) is 4. The molecule has 1 aromatic heterocycles. The van der Waals surface area contributed by atoms with Crippen LogP contribution in [0.15, 0.2) is 72.4 Å². The van der Waals surface area contributed by atoms with E-state index in [1.807, 2.05) is 6.20 Å². The summed E-state index contributed by atoms with van der Waals surface area (Å²) in [6.07, 6.45) is 7.49.